The zero-order valence-corrected chi connectivity index (χ0v) is 22.8. The monoisotopic (exact) mass is 546 g/mol. The van der Waals surface area contributed by atoms with Crippen molar-refractivity contribution in [2.45, 2.75) is 50.2 Å². The minimum Gasteiger partial charge on any atom is -0.388 e. The van der Waals surface area contributed by atoms with E-state index in [0.717, 1.165) is 33.2 Å². The number of carbonyl (C=O) groups is 1. The average molecular weight is 547 g/mol. The highest BCUT2D eigenvalue weighted by molar-refractivity contribution is 5.79. The fourth-order valence-electron chi connectivity index (χ4n) is 5.88. The second-order valence-corrected chi connectivity index (χ2v) is 10.8. The Balaban J connectivity index is 1.43. The molecule has 0 saturated carbocycles. The summed E-state index contributed by atoms with van der Waals surface area (Å²) in [5, 5.41) is 31.7. The molecule has 5 aromatic rings. The van der Waals surface area contributed by atoms with Crippen molar-refractivity contribution in [1.29, 1.82) is 0 Å². The highest BCUT2D eigenvalue weighted by atomic mass is 16.3. The number of urea groups is 1. The number of benzene rings is 4. The van der Waals surface area contributed by atoms with Gasteiger partial charge in [-0.25, -0.2) is 4.79 Å². The number of aliphatic hydroxyl groups is 2. The molecule has 1 fully saturated rings. The zero-order chi connectivity index (χ0) is 28.2. The Bertz CT molecular complexity index is 1580. The van der Waals surface area contributed by atoms with Gasteiger partial charge in [-0.15, -0.1) is 0 Å². The maximum atomic E-state index is 14.7. The van der Waals surface area contributed by atoms with E-state index in [2.05, 4.69) is 10.2 Å². The Morgan fingerprint density at radius 1 is 0.634 bits per heavy atom. The molecule has 4 atom stereocenters. The Morgan fingerprint density at radius 3 is 1.66 bits per heavy atom. The molecule has 0 radical (unpaired) electrons. The number of nitrogens with one attached hydrogen (secondary N) is 1. The van der Waals surface area contributed by atoms with Crippen LogP contribution < -0.4 is 0 Å². The molecule has 2 heterocycles. The smallest absolute Gasteiger partial charge is 0.321 e. The summed E-state index contributed by atoms with van der Waals surface area (Å²) in [6, 6.07) is 34.0. The lowest BCUT2D eigenvalue weighted by Crippen LogP contribution is -2.50. The molecule has 2 unspecified atom stereocenters. The third-order valence-electron chi connectivity index (χ3n) is 8.06. The molecule has 2 amide bonds. The maximum Gasteiger partial charge on any atom is 0.321 e. The van der Waals surface area contributed by atoms with Gasteiger partial charge in [-0.05, 0) is 47.2 Å². The topological polar surface area (TPSA) is 92.7 Å². The van der Waals surface area contributed by atoms with Crippen LogP contribution in [-0.4, -0.2) is 60.5 Å². The van der Waals surface area contributed by atoms with Crippen LogP contribution in [0.25, 0.3) is 10.9 Å². The summed E-state index contributed by atoms with van der Waals surface area (Å²) in [6.45, 7) is 0.598. The molecule has 0 aliphatic carbocycles. The predicted octanol–water partition coefficient (Wildman–Crippen LogP) is 4.95. The predicted molar refractivity (Wildman–Crippen MR) is 159 cm³/mol. The van der Waals surface area contributed by atoms with E-state index >= 15 is 0 Å². The van der Waals surface area contributed by atoms with Crippen molar-refractivity contribution in [3.05, 3.63) is 138 Å². The third-order valence-corrected chi connectivity index (χ3v) is 8.06. The Labute approximate surface area is 239 Å². The van der Waals surface area contributed by atoms with E-state index in [4.69, 9.17) is 0 Å². The molecular weight excluding hydrogens is 512 g/mol. The number of rotatable bonds is 8. The van der Waals surface area contributed by atoms with Gasteiger partial charge >= 0.3 is 6.03 Å². The lowest BCUT2D eigenvalue weighted by molar-refractivity contribution is -0.0408. The summed E-state index contributed by atoms with van der Waals surface area (Å²) >= 11 is 0. The molecule has 7 nitrogen and oxygen atoms in total. The number of aromatic nitrogens is 2. The third kappa shape index (κ3) is 5.87. The average Bonchev–Trinajstić information content (AvgIpc) is 3.47. The minimum atomic E-state index is -1.16. The lowest BCUT2D eigenvalue weighted by Gasteiger charge is -2.36. The van der Waals surface area contributed by atoms with Crippen LogP contribution in [-0.2, 0) is 25.9 Å². The van der Waals surface area contributed by atoms with Crippen LogP contribution in [0.2, 0.25) is 0 Å². The number of hydrogen-bond acceptors (Lipinski definition) is 4. The number of aliphatic hydroxyl groups excluding tert-OH is 2. The van der Waals surface area contributed by atoms with Gasteiger partial charge in [-0.2, -0.15) is 5.10 Å². The van der Waals surface area contributed by atoms with Crippen LogP contribution in [0.3, 0.4) is 0 Å². The number of aromatic amines is 1. The summed E-state index contributed by atoms with van der Waals surface area (Å²) in [6.07, 6.45) is 0.283. The molecular formula is C34H34N4O3. The van der Waals surface area contributed by atoms with E-state index in [0.29, 0.717) is 19.4 Å². The van der Waals surface area contributed by atoms with E-state index in [1.165, 1.54) is 0 Å². The highest BCUT2D eigenvalue weighted by Crippen LogP contribution is 2.30. The van der Waals surface area contributed by atoms with Crippen molar-refractivity contribution in [3.63, 3.8) is 0 Å². The lowest BCUT2D eigenvalue weighted by atomic mass is 9.91. The van der Waals surface area contributed by atoms with Gasteiger partial charge in [0.2, 0.25) is 0 Å². The van der Waals surface area contributed by atoms with Crippen molar-refractivity contribution in [1.82, 2.24) is 20.0 Å². The SMILES string of the molecule is O=C1N(Cc2ccccc2)C(Cc2ccccc2)[C@H](O)[C@@H](O)C(Cc2ccccc2)N1Cc1ccc2[nH]ncc2c1. The molecule has 6 rings (SSSR count). The molecule has 41 heavy (non-hydrogen) atoms. The van der Waals surface area contributed by atoms with Gasteiger partial charge in [0.15, 0.2) is 0 Å². The Morgan fingerprint density at radius 2 is 1.12 bits per heavy atom. The first-order valence-electron chi connectivity index (χ1n) is 14.0. The van der Waals surface area contributed by atoms with E-state index in [9.17, 15) is 15.0 Å². The number of H-pyrrole nitrogens is 1. The van der Waals surface area contributed by atoms with Gasteiger partial charge in [0.05, 0.1) is 23.8 Å². The largest absolute Gasteiger partial charge is 0.388 e. The molecule has 1 aliphatic rings. The summed E-state index contributed by atoms with van der Waals surface area (Å²) in [5.41, 5.74) is 4.78. The van der Waals surface area contributed by atoms with E-state index < -0.39 is 24.3 Å². The first-order valence-corrected chi connectivity index (χ1v) is 14.0. The van der Waals surface area contributed by atoms with Crippen LogP contribution in [0.1, 0.15) is 22.3 Å². The molecule has 1 aliphatic heterocycles. The summed E-state index contributed by atoms with van der Waals surface area (Å²) in [7, 11) is 0. The molecule has 1 saturated heterocycles. The number of hydrogen-bond donors (Lipinski definition) is 3. The second-order valence-electron chi connectivity index (χ2n) is 10.8. The van der Waals surface area contributed by atoms with Crippen molar-refractivity contribution in [2.24, 2.45) is 0 Å². The van der Waals surface area contributed by atoms with Crippen LogP contribution in [0.4, 0.5) is 4.79 Å². The van der Waals surface area contributed by atoms with Crippen molar-refractivity contribution < 1.29 is 15.0 Å². The number of carbonyl (C=O) groups excluding carboxylic acids is 1. The van der Waals surface area contributed by atoms with E-state index in [-0.39, 0.29) is 12.6 Å². The van der Waals surface area contributed by atoms with Crippen molar-refractivity contribution in [3.8, 4) is 0 Å². The standard InChI is InChI=1S/C34H34N4O3/c39-32-30(19-24-10-4-1-5-11-24)37(22-26-14-8-3-9-15-26)34(41)38(23-27-16-17-29-28(18-27)21-35-36-29)31(33(32)40)20-25-12-6-2-7-13-25/h1-18,21,30-33,39-40H,19-20,22-23H2,(H,35,36)/t30?,31?,32-,33-/m0/s1. The number of fused-ring (bicyclic) bond motifs is 1. The minimum absolute atomic E-state index is 0.210. The van der Waals surface area contributed by atoms with Crippen LogP contribution in [0, 0.1) is 0 Å². The molecule has 7 heteroatoms. The van der Waals surface area contributed by atoms with Crippen LogP contribution in [0.5, 0.6) is 0 Å². The molecule has 4 aromatic carbocycles. The molecule has 1 aromatic heterocycles. The Kier molecular flexibility index (Phi) is 7.80. The van der Waals surface area contributed by atoms with Crippen LogP contribution in [0.15, 0.2) is 115 Å². The first kappa shape index (κ1) is 26.7. The molecule has 3 N–H and O–H groups in total. The quantitative estimate of drug-likeness (QED) is 0.257. The number of amides is 2. The summed E-state index contributed by atoms with van der Waals surface area (Å²) in [4.78, 5) is 18.2. The molecule has 208 valence electrons. The fraction of sp³-hybridized carbons (Fsp3) is 0.235. The zero-order valence-electron chi connectivity index (χ0n) is 22.8. The molecule has 0 bridgehead atoms. The van der Waals surface area contributed by atoms with E-state index in [1.807, 2.05) is 109 Å². The maximum absolute atomic E-state index is 14.7. The van der Waals surface area contributed by atoms with Gasteiger partial charge < -0.3 is 20.0 Å². The van der Waals surface area contributed by atoms with Gasteiger partial charge in [0.1, 0.15) is 12.2 Å². The number of nitrogens with zero attached hydrogens (tertiary/aromatic N) is 3. The van der Waals surface area contributed by atoms with Crippen LogP contribution >= 0.6 is 0 Å². The Hall–Kier alpha value is -4.46. The summed E-state index contributed by atoms with van der Waals surface area (Å²) in [5.74, 6) is 0. The van der Waals surface area contributed by atoms with E-state index in [1.54, 1.807) is 16.0 Å². The van der Waals surface area contributed by atoms with Gasteiger partial charge in [0, 0.05) is 18.5 Å². The van der Waals surface area contributed by atoms with Gasteiger partial charge in [0.25, 0.3) is 0 Å². The molecule has 0 spiro atoms. The summed E-state index contributed by atoms with van der Waals surface area (Å²) < 4.78 is 0. The van der Waals surface area contributed by atoms with Gasteiger partial charge in [-0.3, -0.25) is 5.10 Å². The normalized spacial score (nSPS) is 21.3. The van der Waals surface area contributed by atoms with Crippen molar-refractivity contribution in [2.75, 3.05) is 0 Å². The first-order chi connectivity index (χ1) is 20.1. The van der Waals surface area contributed by atoms with Crippen molar-refractivity contribution >= 4 is 16.9 Å². The fourth-order valence-corrected chi connectivity index (χ4v) is 5.88. The highest BCUT2D eigenvalue weighted by Gasteiger charge is 2.46. The second kappa shape index (κ2) is 12.0. The van der Waals surface area contributed by atoms with Gasteiger partial charge in [-0.1, -0.05) is 97.1 Å².